The molecule has 1 fully saturated rings. The number of piperidine rings is 1. The highest BCUT2D eigenvalue weighted by Crippen LogP contribution is 2.46. The minimum Gasteiger partial charge on any atom is -0.392 e. The number of carbonyl (C=O) groups excluding carboxylic acids is 1. The molecule has 1 saturated heterocycles. The lowest BCUT2D eigenvalue weighted by Gasteiger charge is -2.42. The molecule has 0 bridgehead atoms. The fraction of sp³-hybridized carbons (Fsp3) is 0.364. The maximum absolute atomic E-state index is 12.9. The summed E-state index contributed by atoms with van der Waals surface area (Å²) in [7, 11) is 0. The molecule has 0 saturated carbocycles. The number of fused-ring (bicyclic) bond motifs is 3. The first-order valence-electron chi connectivity index (χ1n) is 9.62. The lowest BCUT2D eigenvalue weighted by atomic mass is 9.72. The van der Waals surface area contributed by atoms with E-state index in [1.807, 2.05) is 39.8 Å². The van der Waals surface area contributed by atoms with Crippen molar-refractivity contribution in [1.82, 2.24) is 14.3 Å². The summed E-state index contributed by atoms with van der Waals surface area (Å²) in [6.45, 7) is 1.39. The molecule has 1 aromatic carbocycles. The molecule has 5 rings (SSSR count). The molecule has 1 atom stereocenters. The van der Waals surface area contributed by atoms with Gasteiger partial charge in [-0.25, -0.2) is 4.98 Å². The summed E-state index contributed by atoms with van der Waals surface area (Å²) in [6.07, 6.45) is 6.13. The van der Waals surface area contributed by atoms with Gasteiger partial charge in [-0.05, 0) is 42.5 Å². The smallest absolute Gasteiger partial charge is 0.228 e. The van der Waals surface area contributed by atoms with Crippen LogP contribution in [0.2, 0.25) is 0 Å². The Morgan fingerprint density at radius 3 is 2.78 bits per heavy atom. The molecular weight excluding hydrogens is 338 g/mol. The fourth-order valence-corrected chi connectivity index (χ4v) is 4.91. The van der Waals surface area contributed by atoms with E-state index in [0.29, 0.717) is 19.5 Å². The predicted molar refractivity (Wildman–Crippen MR) is 103 cm³/mol. The van der Waals surface area contributed by atoms with Gasteiger partial charge in [0.05, 0.1) is 18.2 Å². The molecule has 138 valence electrons. The number of aromatic nitrogens is 2. The van der Waals surface area contributed by atoms with E-state index in [1.54, 1.807) is 6.20 Å². The van der Waals surface area contributed by atoms with Crippen LogP contribution in [0.15, 0.2) is 54.9 Å². The number of hydrogen-bond donors (Lipinski definition) is 1. The first-order chi connectivity index (χ1) is 13.2. The van der Waals surface area contributed by atoms with Crippen LogP contribution in [0.3, 0.4) is 0 Å². The van der Waals surface area contributed by atoms with Gasteiger partial charge < -0.3 is 14.4 Å². The summed E-state index contributed by atoms with van der Waals surface area (Å²) < 4.78 is 1.97. The van der Waals surface area contributed by atoms with Crippen molar-refractivity contribution in [3.05, 3.63) is 71.7 Å². The van der Waals surface area contributed by atoms with E-state index in [2.05, 4.69) is 23.2 Å². The lowest BCUT2D eigenvalue weighted by molar-refractivity contribution is -0.132. The minimum atomic E-state index is -0.342. The Bertz CT molecular complexity index is 1000. The molecule has 2 aromatic heterocycles. The number of aliphatic hydroxyl groups excluding tert-OH is 1. The first kappa shape index (κ1) is 16.5. The van der Waals surface area contributed by atoms with Gasteiger partial charge in [0, 0.05) is 30.9 Å². The summed E-state index contributed by atoms with van der Waals surface area (Å²) in [5, 5.41) is 10.8. The molecule has 1 spiro atoms. The Labute approximate surface area is 158 Å². The average Bonchev–Trinajstić information content (AvgIpc) is 3.22. The van der Waals surface area contributed by atoms with Crippen molar-refractivity contribution in [3.63, 3.8) is 0 Å². The second-order valence-corrected chi connectivity index (χ2v) is 7.77. The number of nitrogens with zero attached hydrogens (tertiary/aromatic N) is 3. The second-order valence-electron chi connectivity index (χ2n) is 7.77. The van der Waals surface area contributed by atoms with Gasteiger partial charge in [0.25, 0.3) is 0 Å². The molecule has 1 aliphatic carbocycles. The zero-order chi connectivity index (χ0) is 18.4. The van der Waals surface area contributed by atoms with Crippen LogP contribution in [0, 0.1) is 0 Å². The van der Waals surface area contributed by atoms with Crippen LogP contribution in [0.5, 0.6) is 0 Å². The number of hydrogen-bond acceptors (Lipinski definition) is 3. The second kappa shape index (κ2) is 6.20. The average molecular weight is 361 g/mol. The summed E-state index contributed by atoms with van der Waals surface area (Å²) in [5.41, 5.74) is 4.14. The van der Waals surface area contributed by atoms with Crippen LogP contribution in [0.1, 0.15) is 29.7 Å². The number of benzene rings is 1. The highest BCUT2D eigenvalue weighted by molar-refractivity contribution is 5.78. The molecule has 0 radical (unpaired) electrons. The molecule has 1 aliphatic heterocycles. The van der Waals surface area contributed by atoms with E-state index >= 15 is 0 Å². The van der Waals surface area contributed by atoms with Crippen molar-refractivity contribution in [3.8, 4) is 0 Å². The van der Waals surface area contributed by atoms with Crippen LogP contribution >= 0.6 is 0 Å². The molecule has 1 amide bonds. The van der Waals surface area contributed by atoms with Crippen molar-refractivity contribution in [1.29, 1.82) is 0 Å². The number of aliphatic hydroxyl groups is 1. The highest BCUT2D eigenvalue weighted by Gasteiger charge is 2.47. The predicted octanol–water partition coefficient (Wildman–Crippen LogP) is 2.35. The van der Waals surface area contributed by atoms with Crippen LogP contribution in [0.25, 0.3) is 5.65 Å². The van der Waals surface area contributed by atoms with Gasteiger partial charge in [0.15, 0.2) is 0 Å². The van der Waals surface area contributed by atoms with E-state index in [9.17, 15) is 9.90 Å². The van der Waals surface area contributed by atoms with Gasteiger partial charge in [-0.15, -0.1) is 0 Å². The number of amides is 1. The number of likely N-dealkylation sites (tertiary alicyclic amines) is 1. The van der Waals surface area contributed by atoms with Crippen LogP contribution < -0.4 is 0 Å². The molecule has 27 heavy (non-hydrogen) atoms. The zero-order valence-corrected chi connectivity index (χ0v) is 15.2. The molecule has 2 aliphatic rings. The Morgan fingerprint density at radius 2 is 1.93 bits per heavy atom. The highest BCUT2D eigenvalue weighted by atomic mass is 16.3. The van der Waals surface area contributed by atoms with Crippen LogP contribution in [-0.4, -0.2) is 44.5 Å². The molecule has 1 N–H and O–H groups in total. The van der Waals surface area contributed by atoms with Crippen molar-refractivity contribution in [2.24, 2.45) is 0 Å². The molecule has 3 aromatic rings. The van der Waals surface area contributed by atoms with Crippen molar-refractivity contribution in [2.45, 2.75) is 37.2 Å². The zero-order valence-electron chi connectivity index (χ0n) is 15.2. The molecule has 3 heterocycles. The van der Waals surface area contributed by atoms with Gasteiger partial charge in [-0.3, -0.25) is 4.79 Å². The van der Waals surface area contributed by atoms with E-state index in [0.717, 1.165) is 30.6 Å². The first-order valence-corrected chi connectivity index (χ1v) is 9.62. The number of rotatable bonds is 2. The Kier molecular flexibility index (Phi) is 3.79. The van der Waals surface area contributed by atoms with Gasteiger partial charge in [0.1, 0.15) is 5.65 Å². The molecule has 1 unspecified atom stereocenters. The van der Waals surface area contributed by atoms with Gasteiger partial charge in [-0.2, -0.15) is 0 Å². The number of pyridine rings is 1. The Balaban J connectivity index is 1.31. The van der Waals surface area contributed by atoms with E-state index in [-0.39, 0.29) is 17.4 Å². The molecule has 5 nitrogen and oxygen atoms in total. The summed E-state index contributed by atoms with van der Waals surface area (Å²) in [4.78, 5) is 19.2. The van der Waals surface area contributed by atoms with Gasteiger partial charge in [0.2, 0.25) is 5.91 Å². The SMILES string of the molecule is O=C(Cc1cnc2ccccn12)N1CCC2(CC1)c1ccccc1CC2O. The number of carbonyl (C=O) groups is 1. The van der Waals surface area contributed by atoms with Crippen molar-refractivity contribution in [2.75, 3.05) is 13.1 Å². The van der Waals surface area contributed by atoms with E-state index in [4.69, 9.17) is 0 Å². The van der Waals surface area contributed by atoms with Crippen molar-refractivity contribution < 1.29 is 9.90 Å². The minimum absolute atomic E-state index is 0.135. The van der Waals surface area contributed by atoms with E-state index in [1.165, 1.54) is 11.1 Å². The lowest BCUT2D eigenvalue weighted by Crippen LogP contribution is -2.49. The molecular formula is C22H23N3O2. The number of imidazole rings is 1. The summed E-state index contributed by atoms with van der Waals surface area (Å²) in [5.74, 6) is 0.135. The Hall–Kier alpha value is -2.66. The molecule has 5 heteroatoms. The third kappa shape index (κ3) is 2.57. The maximum atomic E-state index is 12.9. The van der Waals surface area contributed by atoms with Crippen LogP contribution in [-0.2, 0) is 23.1 Å². The quantitative estimate of drug-likeness (QED) is 0.762. The topological polar surface area (TPSA) is 57.8 Å². The summed E-state index contributed by atoms with van der Waals surface area (Å²) in [6, 6.07) is 14.2. The Morgan fingerprint density at radius 1 is 1.15 bits per heavy atom. The third-order valence-corrected chi connectivity index (χ3v) is 6.44. The normalized spacial score (nSPS) is 20.9. The largest absolute Gasteiger partial charge is 0.392 e. The standard InChI is InChI=1S/C22H23N3O2/c26-19-13-16-5-1-2-6-18(16)22(19)8-11-24(12-9-22)21(27)14-17-15-23-20-7-3-4-10-25(17)20/h1-7,10,15,19,26H,8-9,11-14H2. The van der Waals surface area contributed by atoms with Crippen molar-refractivity contribution >= 4 is 11.6 Å². The fourth-order valence-electron chi connectivity index (χ4n) is 4.91. The third-order valence-electron chi connectivity index (χ3n) is 6.44. The monoisotopic (exact) mass is 361 g/mol. The summed E-state index contributed by atoms with van der Waals surface area (Å²) >= 11 is 0. The van der Waals surface area contributed by atoms with Gasteiger partial charge >= 0.3 is 0 Å². The van der Waals surface area contributed by atoms with Crippen LogP contribution in [0.4, 0.5) is 0 Å². The van der Waals surface area contributed by atoms with E-state index < -0.39 is 0 Å². The van der Waals surface area contributed by atoms with Gasteiger partial charge in [-0.1, -0.05) is 30.3 Å². The maximum Gasteiger partial charge on any atom is 0.228 e.